The molecule has 0 aliphatic heterocycles. The average Bonchev–Trinajstić information content (AvgIpc) is 2.39. The first kappa shape index (κ1) is 8.23. The predicted molar refractivity (Wildman–Crippen MR) is 46.0 cm³/mol. The lowest BCUT2D eigenvalue weighted by Gasteiger charge is -1.86. The third kappa shape index (κ3) is 1.78. The molecule has 0 aromatic carbocycles. The molecule has 1 heterocycles. The monoisotopic (exact) mass is 187 g/mol. The fourth-order valence-corrected chi connectivity index (χ4v) is 1.26. The normalized spacial score (nSPS) is 11.5. The Hall–Kier alpha value is -0.870. The van der Waals surface area contributed by atoms with Gasteiger partial charge in [0.1, 0.15) is 0 Å². The van der Waals surface area contributed by atoms with Crippen molar-refractivity contribution in [2.45, 2.75) is 0 Å². The highest BCUT2D eigenvalue weighted by Gasteiger charge is 2.04. The Bertz CT molecular complexity index is 295. The molecule has 0 spiro atoms. The van der Waals surface area contributed by atoms with Crippen LogP contribution in [0.2, 0.25) is 0 Å². The van der Waals surface area contributed by atoms with Crippen molar-refractivity contribution in [1.29, 1.82) is 0 Å². The Labute approximate surface area is 72.5 Å². The molecule has 0 fully saturated rings. The van der Waals surface area contributed by atoms with Gasteiger partial charge in [0.15, 0.2) is 5.13 Å². The van der Waals surface area contributed by atoms with Gasteiger partial charge in [-0.05, 0) is 0 Å². The topological polar surface area (TPSA) is 56.0 Å². The van der Waals surface area contributed by atoms with E-state index in [2.05, 4.69) is 4.98 Å². The minimum absolute atomic E-state index is 0.222. The van der Waals surface area contributed by atoms with Crippen LogP contribution in [0.4, 0.5) is 5.13 Å². The second-order valence-corrected chi connectivity index (χ2v) is 2.80. The van der Waals surface area contributed by atoms with Crippen molar-refractivity contribution >= 4 is 39.9 Å². The predicted octanol–water partition coefficient (Wildman–Crippen LogP) is 1.41. The summed E-state index contributed by atoms with van der Waals surface area (Å²) in [6, 6.07) is 0. The number of hydrogen-bond acceptors (Lipinski definition) is 4. The molecule has 1 aromatic heterocycles. The fraction of sp³-hybridized carbons (Fsp3) is 0. The van der Waals surface area contributed by atoms with Gasteiger partial charge in [0.2, 0.25) is 6.29 Å². The first-order valence-electron chi connectivity index (χ1n) is 2.68. The number of nitrogens with two attached hydrogens (primary N) is 1. The third-order valence-corrected chi connectivity index (χ3v) is 1.91. The molecule has 11 heavy (non-hydrogen) atoms. The van der Waals surface area contributed by atoms with Crippen molar-refractivity contribution in [1.82, 2.24) is 4.98 Å². The van der Waals surface area contributed by atoms with Gasteiger partial charge >= 0.3 is 0 Å². The summed E-state index contributed by atoms with van der Waals surface area (Å²) in [4.78, 5) is 14.0. The molecule has 0 saturated carbocycles. The number of anilines is 1. The number of rotatable bonds is 2. The Morgan fingerprint density at radius 1 is 1.91 bits per heavy atom. The van der Waals surface area contributed by atoms with E-state index in [-0.39, 0.29) is 5.57 Å². The van der Waals surface area contributed by atoms with Crippen molar-refractivity contribution in [2.24, 2.45) is 0 Å². The number of carbonyl (C=O) groups excluding carboxylic acids is 1. The van der Waals surface area contributed by atoms with Gasteiger partial charge in [0.25, 0.3) is 0 Å². The van der Waals surface area contributed by atoms with E-state index in [1.165, 1.54) is 11.3 Å². The van der Waals surface area contributed by atoms with Gasteiger partial charge in [-0.1, -0.05) is 11.6 Å². The van der Waals surface area contributed by atoms with E-state index in [4.69, 9.17) is 17.3 Å². The van der Waals surface area contributed by atoms with E-state index in [0.29, 0.717) is 10.8 Å². The molecular formula is C6H4ClN2OS. The van der Waals surface area contributed by atoms with Gasteiger partial charge in [0.05, 0.1) is 11.3 Å². The first-order valence-corrected chi connectivity index (χ1v) is 3.99. The second-order valence-electron chi connectivity index (χ2n) is 1.70. The SMILES string of the molecule is Nc1nc(C([C]=O)=CCl)cs1. The molecule has 2 N–H and O–H groups in total. The molecule has 0 aliphatic carbocycles. The highest BCUT2D eigenvalue weighted by atomic mass is 35.5. The van der Waals surface area contributed by atoms with E-state index in [9.17, 15) is 4.79 Å². The van der Waals surface area contributed by atoms with E-state index in [1.807, 2.05) is 0 Å². The molecular weight excluding hydrogens is 184 g/mol. The van der Waals surface area contributed by atoms with Crippen molar-refractivity contribution in [2.75, 3.05) is 5.73 Å². The van der Waals surface area contributed by atoms with Gasteiger partial charge in [-0.3, -0.25) is 4.79 Å². The largest absolute Gasteiger partial charge is 0.375 e. The maximum atomic E-state index is 10.2. The summed E-state index contributed by atoms with van der Waals surface area (Å²) in [6.45, 7) is 0. The smallest absolute Gasteiger partial charge is 0.236 e. The minimum atomic E-state index is 0.222. The number of halogens is 1. The third-order valence-electron chi connectivity index (χ3n) is 1.02. The summed E-state index contributed by atoms with van der Waals surface area (Å²) in [5, 5.41) is 2.06. The van der Waals surface area contributed by atoms with Crippen molar-refractivity contribution < 1.29 is 4.79 Å². The molecule has 0 bridgehead atoms. The van der Waals surface area contributed by atoms with E-state index in [0.717, 1.165) is 5.54 Å². The maximum absolute atomic E-state index is 10.2. The standard InChI is InChI=1S/C6H4ClN2OS/c7-1-4(2-10)5-3-11-6(8)9-5/h1,3H,(H2,8,9). The summed E-state index contributed by atoms with van der Waals surface area (Å²) in [5.41, 5.74) is 7.15. The molecule has 57 valence electrons. The van der Waals surface area contributed by atoms with E-state index >= 15 is 0 Å². The van der Waals surface area contributed by atoms with Crippen LogP contribution in [-0.4, -0.2) is 11.3 Å². The van der Waals surface area contributed by atoms with Crippen LogP contribution >= 0.6 is 22.9 Å². The number of nitrogen functional groups attached to an aromatic ring is 1. The zero-order valence-corrected chi connectivity index (χ0v) is 6.95. The highest BCUT2D eigenvalue weighted by molar-refractivity contribution is 7.13. The Kier molecular flexibility index (Phi) is 2.62. The molecule has 1 radical (unpaired) electrons. The Balaban J connectivity index is 3.00. The van der Waals surface area contributed by atoms with Crippen LogP contribution in [0.5, 0.6) is 0 Å². The van der Waals surface area contributed by atoms with Gasteiger partial charge in [-0.25, -0.2) is 4.98 Å². The number of thiazole rings is 1. The quantitative estimate of drug-likeness (QED) is 0.713. The number of nitrogens with zero attached hydrogens (tertiary/aromatic N) is 1. The van der Waals surface area contributed by atoms with Crippen molar-refractivity contribution in [3.05, 3.63) is 16.6 Å². The lowest BCUT2D eigenvalue weighted by Crippen LogP contribution is -1.86. The zero-order chi connectivity index (χ0) is 8.27. The Morgan fingerprint density at radius 2 is 2.64 bits per heavy atom. The maximum Gasteiger partial charge on any atom is 0.236 e. The number of allylic oxidation sites excluding steroid dienone is 1. The molecule has 3 nitrogen and oxygen atoms in total. The Morgan fingerprint density at radius 3 is 3.00 bits per heavy atom. The van der Waals surface area contributed by atoms with Crippen LogP contribution in [0.25, 0.3) is 5.57 Å². The van der Waals surface area contributed by atoms with Gasteiger partial charge < -0.3 is 5.73 Å². The van der Waals surface area contributed by atoms with Crippen molar-refractivity contribution in [3.63, 3.8) is 0 Å². The van der Waals surface area contributed by atoms with Crippen LogP contribution in [0.1, 0.15) is 5.69 Å². The van der Waals surface area contributed by atoms with Crippen LogP contribution in [0.15, 0.2) is 10.9 Å². The lowest BCUT2D eigenvalue weighted by atomic mass is 10.3. The number of aromatic nitrogens is 1. The first-order chi connectivity index (χ1) is 5.27. The van der Waals surface area contributed by atoms with Crippen LogP contribution < -0.4 is 5.73 Å². The van der Waals surface area contributed by atoms with E-state index < -0.39 is 0 Å². The molecule has 1 aromatic rings. The average molecular weight is 188 g/mol. The van der Waals surface area contributed by atoms with Crippen molar-refractivity contribution in [3.8, 4) is 0 Å². The minimum Gasteiger partial charge on any atom is -0.375 e. The molecule has 0 atom stereocenters. The summed E-state index contributed by atoms with van der Waals surface area (Å²) < 4.78 is 0. The van der Waals surface area contributed by atoms with Crippen LogP contribution in [0, 0.1) is 0 Å². The zero-order valence-electron chi connectivity index (χ0n) is 5.37. The molecule has 0 unspecified atom stereocenters. The summed E-state index contributed by atoms with van der Waals surface area (Å²) in [7, 11) is 0. The van der Waals surface area contributed by atoms with Crippen LogP contribution in [-0.2, 0) is 4.79 Å². The lowest BCUT2D eigenvalue weighted by molar-refractivity contribution is 0.565. The highest BCUT2D eigenvalue weighted by Crippen LogP contribution is 2.17. The molecule has 1 rings (SSSR count). The second kappa shape index (κ2) is 3.50. The van der Waals surface area contributed by atoms with Gasteiger partial charge in [0, 0.05) is 10.9 Å². The molecule has 0 saturated heterocycles. The van der Waals surface area contributed by atoms with Gasteiger partial charge in [-0.2, -0.15) is 0 Å². The number of hydrogen-bond donors (Lipinski definition) is 1. The summed E-state index contributed by atoms with van der Waals surface area (Å²) in [6.07, 6.45) is 1.65. The van der Waals surface area contributed by atoms with E-state index in [1.54, 1.807) is 11.7 Å². The summed E-state index contributed by atoms with van der Waals surface area (Å²) in [5.74, 6) is 0. The molecule has 5 heteroatoms. The fourth-order valence-electron chi connectivity index (χ4n) is 0.542. The molecule has 0 amide bonds. The van der Waals surface area contributed by atoms with Crippen LogP contribution in [0.3, 0.4) is 0 Å². The van der Waals surface area contributed by atoms with Gasteiger partial charge in [-0.15, -0.1) is 11.3 Å². The summed E-state index contributed by atoms with van der Waals surface area (Å²) >= 11 is 6.56. The molecule has 0 aliphatic rings.